The molecular weight excluding hydrogens is 1100 g/mol. The SMILES string of the molecule is [2H]c1c([2H])c([2H])c(-c2cc3c4c(c2)n(-c2cccc(Oc5ccc6c7ccccc7n(-c7cc(C(C)(C)C)ccn7)c6c5)c2)[c-][n+]4-c2c(cc(C([2H])([2H])[2H])cc2-c2c([2H])c([2H])c([2H])c([2H])c2[2H])-c2cc([Si](c4ccccc4)(c4ccccc4)c4ccccc4)ccc2-c2ccccc2-3)c([2H])c1[2H]. The van der Waals surface area contributed by atoms with Gasteiger partial charge in [-0.05, 0) is 149 Å². The third-order valence-electron chi connectivity index (χ3n) is 17.3. The Labute approximate surface area is 538 Å². The lowest BCUT2D eigenvalue weighted by molar-refractivity contribution is -0.570. The van der Waals surface area contributed by atoms with Crippen LogP contribution in [0.25, 0.3) is 106 Å². The lowest BCUT2D eigenvalue weighted by Crippen LogP contribution is -2.74. The molecule has 6 heteroatoms. The van der Waals surface area contributed by atoms with Crippen LogP contribution in [0.1, 0.15) is 49.7 Å². The highest BCUT2D eigenvalue weighted by Crippen LogP contribution is 2.47. The van der Waals surface area contributed by atoms with Crippen LogP contribution in [0, 0.1) is 13.2 Å². The monoisotopic (exact) mass is 1170 g/mol. The quantitative estimate of drug-likeness (QED) is 0.0592. The Morgan fingerprint density at radius 1 is 0.461 bits per heavy atom. The van der Waals surface area contributed by atoms with Gasteiger partial charge in [0.05, 0.1) is 47.1 Å². The van der Waals surface area contributed by atoms with E-state index in [2.05, 4.69) is 104 Å². The minimum absolute atomic E-state index is 0.0122. The lowest BCUT2D eigenvalue weighted by Gasteiger charge is -2.35. The molecule has 0 amide bonds. The number of benzene rings is 12. The summed E-state index contributed by atoms with van der Waals surface area (Å²) in [5.41, 5.74) is 7.29. The first-order chi connectivity index (χ1) is 49.0. The Morgan fingerprint density at radius 3 is 1.78 bits per heavy atom. The fourth-order valence-corrected chi connectivity index (χ4v) is 18.1. The fraction of sp³-hybridized carbons (Fsp3) is 0.0602. The van der Waals surface area contributed by atoms with Crippen LogP contribution in [0.2, 0.25) is 0 Å². The minimum Gasteiger partial charge on any atom is -0.458 e. The number of ether oxygens (including phenoxy) is 1. The molecule has 0 aliphatic carbocycles. The summed E-state index contributed by atoms with van der Waals surface area (Å²) in [6.45, 7) is 3.67. The van der Waals surface area contributed by atoms with Crippen molar-refractivity contribution in [2.75, 3.05) is 0 Å². The molecule has 3 aromatic heterocycles. The van der Waals surface area contributed by atoms with Crippen molar-refractivity contribution in [2.24, 2.45) is 0 Å². The molecule has 0 spiro atoms. The highest BCUT2D eigenvalue weighted by atomic mass is 28.3. The molecule has 4 heterocycles. The van der Waals surface area contributed by atoms with Crippen LogP contribution in [0.3, 0.4) is 0 Å². The first-order valence-electron chi connectivity index (χ1n) is 36.1. The normalized spacial score (nSPS) is 14.3. The second kappa shape index (κ2) is 21.5. The maximum absolute atomic E-state index is 9.80. The Hall–Kier alpha value is -10.9. The minimum atomic E-state index is -3.44. The zero-order valence-electron chi connectivity index (χ0n) is 61.8. The molecule has 0 atom stereocenters. The highest BCUT2D eigenvalue weighted by Gasteiger charge is 2.42. The third-order valence-corrected chi connectivity index (χ3v) is 22.1. The van der Waals surface area contributed by atoms with Gasteiger partial charge in [0, 0.05) is 27.1 Å². The molecule has 1 aliphatic rings. The molecule has 15 aromatic rings. The molecule has 0 N–H and O–H groups in total. The summed E-state index contributed by atoms with van der Waals surface area (Å²) >= 11 is 0. The summed E-state index contributed by atoms with van der Waals surface area (Å²) in [7, 11) is -3.44. The average Bonchev–Trinajstić information content (AvgIpc) is 1.42. The van der Waals surface area contributed by atoms with Gasteiger partial charge in [0.25, 0.3) is 6.33 Å². The number of imidazole rings is 1. The zero-order valence-corrected chi connectivity index (χ0v) is 49.8. The van der Waals surface area contributed by atoms with Crippen molar-refractivity contribution in [1.82, 2.24) is 14.1 Å². The van der Waals surface area contributed by atoms with Crippen LogP contribution in [0.4, 0.5) is 0 Å². The summed E-state index contributed by atoms with van der Waals surface area (Å²) in [5, 5.41) is 6.12. The van der Waals surface area contributed by atoms with Crippen LogP contribution in [-0.4, -0.2) is 22.2 Å². The molecule has 0 fully saturated rings. The van der Waals surface area contributed by atoms with E-state index >= 15 is 0 Å². The van der Waals surface area contributed by atoms with E-state index in [1.165, 1.54) is 6.07 Å². The van der Waals surface area contributed by atoms with E-state index in [1.807, 2.05) is 146 Å². The molecule has 424 valence electrons. The lowest BCUT2D eigenvalue weighted by atomic mass is 9.87. The summed E-state index contributed by atoms with van der Waals surface area (Å²) in [4.78, 5) is 4.91. The third kappa shape index (κ3) is 9.05. The van der Waals surface area contributed by atoms with E-state index in [0.717, 1.165) is 53.9 Å². The Kier molecular flexibility index (Phi) is 9.95. The fourth-order valence-electron chi connectivity index (χ4n) is 13.3. The van der Waals surface area contributed by atoms with Crippen LogP contribution in [-0.2, 0) is 5.41 Å². The summed E-state index contributed by atoms with van der Waals surface area (Å²) < 4.78 is 133. The molecule has 0 unspecified atom stereocenters. The van der Waals surface area contributed by atoms with E-state index in [4.69, 9.17) is 15.2 Å². The number of rotatable bonds is 10. The number of aromatic nitrogens is 4. The van der Waals surface area contributed by atoms with Gasteiger partial charge in [-0.15, -0.1) is 0 Å². The number of pyridine rings is 1. The van der Waals surface area contributed by atoms with Crippen molar-refractivity contribution in [2.45, 2.75) is 33.0 Å². The molecule has 89 heavy (non-hydrogen) atoms. The van der Waals surface area contributed by atoms with Gasteiger partial charge in [-0.1, -0.05) is 263 Å². The van der Waals surface area contributed by atoms with E-state index in [9.17, 15) is 12.3 Å². The number of hydrogen-bond donors (Lipinski definition) is 0. The predicted octanol–water partition coefficient (Wildman–Crippen LogP) is 17.6. The molecular formula is C83H62N4OSi. The van der Waals surface area contributed by atoms with E-state index < -0.39 is 75.3 Å². The molecule has 16 rings (SSSR count). The molecule has 0 saturated heterocycles. The van der Waals surface area contributed by atoms with Gasteiger partial charge in [0.1, 0.15) is 17.3 Å². The van der Waals surface area contributed by atoms with E-state index in [1.54, 1.807) is 27.3 Å². The molecule has 0 bridgehead atoms. The van der Waals surface area contributed by atoms with Crippen molar-refractivity contribution in [1.29, 1.82) is 0 Å². The largest absolute Gasteiger partial charge is 0.458 e. The highest BCUT2D eigenvalue weighted by molar-refractivity contribution is 7.20. The van der Waals surface area contributed by atoms with Gasteiger partial charge < -0.3 is 4.74 Å². The standard InChI is InChI=1S/C83H62N4OSi/c1-56-47-73(58-27-12-6-13-28-58)81-75(48-56)74-54-67(89(64-31-14-7-15-32-64,65-33-16-8-17-34-65)66-35-18-9-19-36-66)42-44-70(74)68-37-20-21-38-69(68)76-49-59(57-25-10-5-11-26-57)50-79-82(76)86(81)55-85(79)61-29-24-30-62(52-61)88-63-41-43-72-71-39-22-23-40-77(71)87(78(72)53-63)80-51-60(45-46-84-80)83(2,3)4/h5-54H,1-4H3/i1D3,5D,6D,10D,11D,12D,13D,25D,26D,27D,28D. The van der Waals surface area contributed by atoms with Gasteiger partial charge in [0.15, 0.2) is 8.07 Å². The van der Waals surface area contributed by atoms with Gasteiger partial charge in [-0.2, -0.15) is 0 Å². The Morgan fingerprint density at radius 2 is 1.08 bits per heavy atom. The second-order valence-corrected chi connectivity index (χ2v) is 27.3. The number of para-hydroxylation sites is 1. The molecule has 0 radical (unpaired) electrons. The molecule has 12 aromatic carbocycles. The molecule has 0 saturated carbocycles. The van der Waals surface area contributed by atoms with Gasteiger partial charge in [0.2, 0.25) is 0 Å². The number of aryl methyl sites for hydroxylation is 1. The average molecular weight is 1170 g/mol. The molecule has 5 nitrogen and oxygen atoms in total. The molecule has 1 aliphatic heterocycles. The summed E-state index contributed by atoms with van der Waals surface area (Å²) in [5.74, 6) is 1.66. The van der Waals surface area contributed by atoms with E-state index in [0.29, 0.717) is 61.6 Å². The van der Waals surface area contributed by atoms with Crippen molar-refractivity contribution in [3.05, 3.63) is 321 Å². The Balaban J connectivity index is 1.03. The first-order valence-corrected chi connectivity index (χ1v) is 31.6. The van der Waals surface area contributed by atoms with Crippen molar-refractivity contribution in [3.63, 3.8) is 0 Å². The summed E-state index contributed by atoms with van der Waals surface area (Å²) in [6, 6.07) is 71.8. The van der Waals surface area contributed by atoms with Crippen LogP contribution in [0.5, 0.6) is 11.5 Å². The zero-order chi connectivity index (χ0) is 71.0. The topological polar surface area (TPSA) is 35.9 Å². The van der Waals surface area contributed by atoms with E-state index in [-0.39, 0.29) is 38.9 Å². The summed E-state index contributed by atoms with van der Waals surface area (Å²) in [6.07, 6.45) is 5.56. The van der Waals surface area contributed by atoms with Crippen LogP contribution < -0.4 is 30.1 Å². The Bertz CT molecular complexity index is 5820. The van der Waals surface area contributed by atoms with Gasteiger partial charge >= 0.3 is 0 Å². The number of hydrogen-bond acceptors (Lipinski definition) is 2. The maximum atomic E-state index is 9.80. The first kappa shape index (κ1) is 41.2. The van der Waals surface area contributed by atoms with Gasteiger partial charge in [-0.3, -0.25) is 13.7 Å². The predicted molar refractivity (Wildman–Crippen MR) is 370 cm³/mol. The van der Waals surface area contributed by atoms with Crippen molar-refractivity contribution < 1.29 is 27.1 Å². The number of nitrogens with zero attached hydrogens (tertiary/aromatic N) is 4. The van der Waals surface area contributed by atoms with Crippen molar-refractivity contribution in [3.8, 4) is 84.3 Å². The van der Waals surface area contributed by atoms with Crippen molar-refractivity contribution >= 4 is 61.7 Å². The van der Waals surface area contributed by atoms with Gasteiger partial charge in [-0.25, -0.2) is 4.98 Å². The smallest absolute Gasteiger partial charge is 0.269 e. The maximum Gasteiger partial charge on any atom is 0.269 e. The second-order valence-electron chi connectivity index (χ2n) is 23.5. The van der Waals surface area contributed by atoms with Crippen LogP contribution in [0.15, 0.2) is 303 Å². The number of fused-ring (bicyclic) bond motifs is 10. The van der Waals surface area contributed by atoms with Crippen LogP contribution >= 0.6 is 0 Å².